The Balaban J connectivity index is 2.93. The fraction of sp³-hybridized carbons (Fsp3) is 0.500. The predicted molar refractivity (Wildman–Crippen MR) is 59.1 cm³/mol. The highest BCUT2D eigenvalue weighted by Gasteiger charge is 2.12. The molecule has 2 atom stereocenters. The lowest BCUT2D eigenvalue weighted by Crippen LogP contribution is -2.24. The lowest BCUT2D eigenvalue weighted by Gasteiger charge is -2.16. The molecule has 14 heavy (non-hydrogen) atoms. The highest BCUT2D eigenvalue weighted by molar-refractivity contribution is 5.27. The van der Waals surface area contributed by atoms with Crippen LogP contribution in [-0.4, -0.2) is 11.1 Å². The summed E-state index contributed by atoms with van der Waals surface area (Å²) in [6, 6.07) is 7.76. The van der Waals surface area contributed by atoms with Crippen LogP contribution in [0.3, 0.4) is 0 Å². The van der Waals surface area contributed by atoms with Gasteiger partial charge in [-0.15, -0.1) is 0 Å². The number of aliphatic hydroxyl groups is 1. The van der Waals surface area contributed by atoms with Crippen molar-refractivity contribution in [3.8, 4) is 0 Å². The third kappa shape index (κ3) is 2.56. The summed E-state index contributed by atoms with van der Waals surface area (Å²) in [5.41, 5.74) is 7.79. The van der Waals surface area contributed by atoms with Crippen LogP contribution in [0.15, 0.2) is 24.3 Å². The van der Waals surface area contributed by atoms with Gasteiger partial charge in [0.05, 0.1) is 6.10 Å². The van der Waals surface area contributed by atoms with E-state index in [1.54, 1.807) is 0 Å². The van der Waals surface area contributed by atoms with Crippen molar-refractivity contribution >= 4 is 0 Å². The SMILES string of the molecule is CC(C)c1cccc([C@@H](O)[C@H](C)N)c1. The van der Waals surface area contributed by atoms with Crippen LogP contribution in [0.5, 0.6) is 0 Å². The molecule has 2 heteroatoms. The number of benzene rings is 1. The van der Waals surface area contributed by atoms with Crippen LogP contribution in [0.25, 0.3) is 0 Å². The van der Waals surface area contributed by atoms with Crippen molar-refractivity contribution in [3.05, 3.63) is 35.4 Å². The molecule has 0 saturated carbocycles. The molecule has 1 aromatic rings. The summed E-state index contributed by atoms with van der Waals surface area (Å²) in [6.45, 7) is 6.08. The zero-order valence-corrected chi connectivity index (χ0v) is 9.07. The summed E-state index contributed by atoms with van der Waals surface area (Å²) < 4.78 is 0. The van der Waals surface area contributed by atoms with E-state index in [9.17, 15) is 5.11 Å². The smallest absolute Gasteiger partial charge is 0.0938 e. The van der Waals surface area contributed by atoms with Crippen molar-refractivity contribution in [1.29, 1.82) is 0 Å². The van der Waals surface area contributed by atoms with Crippen LogP contribution in [-0.2, 0) is 0 Å². The molecule has 78 valence electrons. The molecule has 0 aliphatic rings. The minimum absolute atomic E-state index is 0.225. The van der Waals surface area contributed by atoms with Crippen molar-refractivity contribution in [2.75, 3.05) is 0 Å². The number of hydrogen-bond acceptors (Lipinski definition) is 2. The monoisotopic (exact) mass is 193 g/mol. The first-order valence-corrected chi connectivity index (χ1v) is 5.06. The van der Waals surface area contributed by atoms with Gasteiger partial charge in [-0.25, -0.2) is 0 Å². The van der Waals surface area contributed by atoms with Gasteiger partial charge in [0.15, 0.2) is 0 Å². The van der Waals surface area contributed by atoms with Crippen LogP contribution in [0.1, 0.15) is 43.9 Å². The first kappa shape index (κ1) is 11.2. The average Bonchev–Trinajstić information content (AvgIpc) is 2.16. The van der Waals surface area contributed by atoms with Gasteiger partial charge >= 0.3 is 0 Å². The van der Waals surface area contributed by atoms with E-state index in [1.807, 2.05) is 25.1 Å². The van der Waals surface area contributed by atoms with Crippen LogP contribution in [0, 0.1) is 0 Å². The van der Waals surface area contributed by atoms with Crippen LogP contribution in [0.2, 0.25) is 0 Å². The van der Waals surface area contributed by atoms with Gasteiger partial charge in [0.1, 0.15) is 0 Å². The molecule has 0 radical (unpaired) electrons. The molecule has 0 aliphatic carbocycles. The van der Waals surface area contributed by atoms with Gasteiger partial charge in [-0.1, -0.05) is 38.1 Å². The Bertz CT molecular complexity index is 294. The summed E-state index contributed by atoms with van der Waals surface area (Å²) in [7, 11) is 0. The van der Waals surface area contributed by atoms with Gasteiger partial charge in [-0.05, 0) is 24.0 Å². The van der Waals surface area contributed by atoms with E-state index in [4.69, 9.17) is 5.73 Å². The van der Waals surface area contributed by atoms with Gasteiger partial charge in [0.25, 0.3) is 0 Å². The van der Waals surface area contributed by atoms with Gasteiger partial charge in [0.2, 0.25) is 0 Å². The van der Waals surface area contributed by atoms with E-state index >= 15 is 0 Å². The molecule has 0 saturated heterocycles. The molecule has 0 amide bonds. The molecule has 2 nitrogen and oxygen atoms in total. The third-order valence-corrected chi connectivity index (χ3v) is 2.42. The number of nitrogens with two attached hydrogens (primary N) is 1. The van der Waals surface area contributed by atoms with Gasteiger partial charge in [-0.2, -0.15) is 0 Å². The van der Waals surface area contributed by atoms with E-state index in [1.165, 1.54) is 5.56 Å². The maximum atomic E-state index is 9.78. The Morgan fingerprint density at radius 2 is 1.71 bits per heavy atom. The van der Waals surface area contributed by atoms with Crippen molar-refractivity contribution in [3.63, 3.8) is 0 Å². The summed E-state index contributed by atoms with van der Waals surface area (Å²) in [5, 5.41) is 9.78. The highest BCUT2D eigenvalue weighted by Crippen LogP contribution is 2.21. The summed E-state index contributed by atoms with van der Waals surface area (Å²) in [6.07, 6.45) is -0.561. The fourth-order valence-corrected chi connectivity index (χ4v) is 1.41. The molecule has 0 aliphatic heterocycles. The molecule has 1 rings (SSSR count). The minimum atomic E-state index is -0.561. The number of hydrogen-bond donors (Lipinski definition) is 2. The van der Waals surface area contributed by atoms with E-state index in [0.717, 1.165) is 5.56 Å². The Labute approximate surface area is 85.8 Å². The summed E-state index contributed by atoms with van der Waals surface area (Å²) in [4.78, 5) is 0. The van der Waals surface area contributed by atoms with Gasteiger partial charge in [-0.3, -0.25) is 0 Å². The Morgan fingerprint density at radius 3 is 2.21 bits per heavy atom. The second kappa shape index (κ2) is 4.58. The topological polar surface area (TPSA) is 46.2 Å². The lowest BCUT2D eigenvalue weighted by atomic mass is 9.97. The van der Waals surface area contributed by atoms with Crippen molar-refractivity contribution in [2.45, 2.75) is 38.8 Å². The molecule has 3 N–H and O–H groups in total. The molecule has 0 unspecified atom stereocenters. The summed E-state index contributed by atoms with van der Waals surface area (Å²) in [5.74, 6) is 0.482. The molecular formula is C12H19NO. The largest absolute Gasteiger partial charge is 0.387 e. The van der Waals surface area contributed by atoms with Crippen molar-refractivity contribution in [2.24, 2.45) is 5.73 Å². The maximum absolute atomic E-state index is 9.78. The molecule has 0 bridgehead atoms. The molecule has 0 spiro atoms. The zero-order chi connectivity index (χ0) is 10.7. The second-order valence-electron chi connectivity index (χ2n) is 4.13. The molecular weight excluding hydrogens is 174 g/mol. The molecule has 0 heterocycles. The lowest BCUT2D eigenvalue weighted by molar-refractivity contribution is 0.153. The predicted octanol–water partition coefficient (Wildman–Crippen LogP) is 2.19. The molecule has 0 aromatic heterocycles. The average molecular weight is 193 g/mol. The Kier molecular flexibility index (Phi) is 3.67. The van der Waals surface area contributed by atoms with Crippen molar-refractivity contribution < 1.29 is 5.11 Å². The Morgan fingerprint density at radius 1 is 1.14 bits per heavy atom. The fourth-order valence-electron chi connectivity index (χ4n) is 1.41. The first-order valence-electron chi connectivity index (χ1n) is 5.06. The van der Waals surface area contributed by atoms with Gasteiger partial charge in [0, 0.05) is 6.04 Å². The minimum Gasteiger partial charge on any atom is -0.387 e. The first-order chi connectivity index (χ1) is 6.52. The van der Waals surface area contributed by atoms with Crippen molar-refractivity contribution in [1.82, 2.24) is 0 Å². The third-order valence-electron chi connectivity index (χ3n) is 2.42. The standard InChI is InChI=1S/C12H19NO/c1-8(2)10-5-4-6-11(7-10)12(14)9(3)13/h4-9,12,14H,13H2,1-3H3/t9-,12-/m0/s1. The Hall–Kier alpha value is -0.860. The van der Waals surface area contributed by atoms with Crippen LogP contribution in [0.4, 0.5) is 0 Å². The highest BCUT2D eigenvalue weighted by atomic mass is 16.3. The molecule has 0 fully saturated rings. The maximum Gasteiger partial charge on any atom is 0.0938 e. The van der Waals surface area contributed by atoms with E-state index in [-0.39, 0.29) is 6.04 Å². The zero-order valence-electron chi connectivity index (χ0n) is 9.07. The number of rotatable bonds is 3. The van der Waals surface area contributed by atoms with Crippen LogP contribution >= 0.6 is 0 Å². The van der Waals surface area contributed by atoms with E-state index in [2.05, 4.69) is 19.9 Å². The van der Waals surface area contributed by atoms with E-state index in [0.29, 0.717) is 5.92 Å². The van der Waals surface area contributed by atoms with E-state index < -0.39 is 6.10 Å². The normalized spacial score (nSPS) is 15.6. The van der Waals surface area contributed by atoms with Crippen LogP contribution < -0.4 is 5.73 Å². The summed E-state index contributed by atoms with van der Waals surface area (Å²) >= 11 is 0. The quantitative estimate of drug-likeness (QED) is 0.773. The number of aliphatic hydroxyl groups excluding tert-OH is 1. The molecule has 1 aromatic carbocycles. The van der Waals surface area contributed by atoms with Gasteiger partial charge < -0.3 is 10.8 Å². The second-order valence-corrected chi connectivity index (χ2v) is 4.13.